The van der Waals surface area contributed by atoms with Gasteiger partial charge in [-0.15, -0.1) is 0 Å². The molecule has 0 heterocycles. The first-order valence-electron chi connectivity index (χ1n) is 3.80. The molecule has 1 aromatic carbocycles. The average Bonchev–Trinajstić information content (AvgIpc) is 1.99. The van der Waals surface area contributed by atoms with Crippen LogP contribution in [0.4, 0.5) is 11.4 Å². The normalized spacial score (nSPS) is 11.4. The summed E-state index contributed by atoms with van der Waals surface area (Å²) in [6, 6.07) is 4.65. The third kappa shape index (κ3) is 2.52. The Balaban J connectivity index is 3.20. The molecule has 0 fully saturated rings. The summed E-state index contributed by atoms with van der Waals surface area (Å²) < 4.78 is 23.5. The summed E-state index contributed by atoms with van der Waals surface area (Å²) in [6.07, 6.45) is 1.12. The minimum absolute atomic E-state index is 0.413. The summed E-state index contributed by atoms with van der Waals surface area (Å²) in [5, 5.41) is 0.413. The van der Waals surface area contributed by atoms with Gasteiger partial charge < -0.3 is 5.73 Å². The lowest BCUT2D eigenvalue weighted by Crippen LogP contribution is -2.24. The van der Waals surface area contributed by atoms with Gasteiger partial charge in [0, 0.05) is 17.8 Å². The lowest BCUT2D eigenvalue weighted by molar-refractivity contribution is 0.600. The summed E-state index contributed by atoms with van der Waals surface area (Å²) in [5.74, 6) is 0. The molecular weight excluding hydrogens is 224 g/mol. The Morgan fingerprint density at radius 1 is 1.36 bits per heavy atom. The molecule has 0 unspecified atom stereocenters. The van der Waals surface area contributed by atoms with Crippen molar-refractivity contribution in [2.45, 2.75) is 0 Å². The molecule has 1 aromatic rings. The summed E-state index contributed by atoms with van der Waals surface area (Å²) >= 11 is 5.74. The highest BCUT2D eigenvalue weighted by Crippen LogP contribution is 2.24. The maximum Gasteiger partial charge on any atom is 0.231 e. The maximum absolute atomic E-state index is 11.2. The van der Waals surface area contributed by atoms with Crippen LogP contribution in [0, 0.1) is 0 Å². The van der Waals surface area contributed by atoms with Crippen molar-refractivity contribution in [2.75, 3.05) is 23.3 Å². The first-order chi connectivity index (χ1) is 6.30. The van der Waals surface area contributed by atoms with E-state index in [0.717, 1.165) is 10.6 Å². The molecule has 6 heteroatoms. The molecule has 2 N–H and O–H groups in total. The zero-order valence-electron chi connectivity index (χ0n) is 7.86. The quantitative estimate of drug-likeness (QED) is 0.785. The Morgan fingerprint density at radius 3 is 2.36 bits per heavy atom. The van der Waals surface area contributed by atoms with E-state index in [1.54, 1.807) is 18.2 Å². The molecule has 0 aliphatic carbocycles. The molecule has 78 valence electrons. The molecule has 14 heavy (non-hydrogen) atoms. The second-order valence-electron chi connectivity index (χ2n) is 2.97. The lowest BCUT2D eigenvalue weighted by atomic mass is 10.3. The van der Waals surface area contributed by atoms with Crippen molar-refractivity contribution in [1.82, 2.24) is 0 Å². The molecule has 0 saturated heterocycles. The molecule has 1 rings (SSSR count). The molecule has 0 aliphatic heterocycles. The fraction of sp³-hybridized carbons (Fsp3) is 0.250. The van der Waals surface area contributed by atoms with Gasteiger partial charge >= 0.3 is 0 Å². The highest BCUT2D eigenvalue weighted by Gasteiger charge is 2.12. The zero-order valence-corrected chi connectivity index (χ0v) is 9.43. The Hall–Kier alpha value is -0.940. The Kier molecular flexibility index (Phi) is 2.92. The van der Waals surface area contributed by atoms with Gasteiger partial charge in [0.1, 0.15) is 0 Å². The number of halogens is 1. The fourth-order valence-corrected chi connectivity index (χ4v) is 1.70. The van der Waals surface area contributed by atoms with Gasteiger partial charge in [0.15, 0.2) is 0 Å². The van der Waals surface area contributed by atoms with Crippen molar-refractivity contribution in [3.05, 3.63) is 23.2 Å². The van der Waals surface area contributed by atoms with Crippen molar-refractivity contribution in [1.29, 1.82) is 0 Å². The van der Waals surface area contributed by atoms with E-state index in [1.165, 1.54) is 7.05 Å². The van der Waals surface area contributed by atoms with Crippen molar-refractivity contribution in [3.8, 4) is 0 Å². The number of nitrogens with zero attached hydrogens (tertiary/aromatic N) is 1. The van der Waals surface area contributed by atoms with E-state index in [2.05, 4.69) is 0 Å². The summed E-state index contributed by atoms with van der Waals surface area (Å²) in [6.45, 7) is 0. The van der Waals surface area contributed by atoms with Crippen LogP contribution in [-0.4, -0.2) is 21.7 Å². The van der Waals surface area contributed by atoms with Gasteiger partial charge in [0.05, 0.1) is 11.9 Å². The third-order valence-corrected chi connectivity index (χ3v) is 3.19. The molecule has 0 saturated carbocycles. The van der Waals surface area contributed by atoms with E-state index >= 15 is 0 Å². The predicted molar refractivity (Wildman–Crippen MR) is 59.1 cm³/mol. The highest BCUT2D eigenvalue weighted by atomic mass is 35.5. The van der Waals surface area contributed by atoms with Crippen molar-refractivity contribution < 1.29 is 8.42 Å². The number of nitrogens with two attached hydrogens (primary N) is 1. The molecular formula is C8H11ClN2O2S. The molecule has 0 radical (unpaired) electrons. The van der Waals surface area contributed by atoms with Crippen LogP contribution in [0.15, 0.2) is 18.2 Å². The fourth-order valence-electron chi connectivity index (χ4n) is 0.970. The third-order valence-electron chi connectivity index (χ3n) is 1.77. The number of hydrogen-bond donors (Lipinski definition) is 1. The Labute approximate surface area is 88.3 Å². The summed E-state index contributed by atoms with van der Waals surface area (Å²) in [5.41, 5.74) is 6.42. The smallest absolute Gasteiger partial charge is 0.231 e. The van der Waals surface area contributed by atoms with Gasteiger partial charge in [-0.1, -0.05) is 11.6 Å². The van der Waals surface area contributed by atoms with E-state index in [9.17, 15) is 8.42 Å². The van der Waals surface area contributed by atoms with Gasteiger partial charge in [0.25, 0.3) is 0 Å². The molecule has 0 spiro atoms. The molecule has 0 atom stereocenters. The molecule has 0 aromatic heterocycles. The van der Waals surface area contributed by atoms with Gasteiger partial charge in [0.2, 0.25) is 10.0 Å². The number of anilines is 2. The average molecular weight is 235 g/mol. The number of sulfonamides is 1. The molecule has 0 aliphatic rings. The first kappa shape index (κ1) is 11.1. The van der Waals surface area contributed by atoms with Crippen LogP contribution >= 0.6 is 11.6 Å². The van der Waals surface area contributed by atoms with Gasteiger partial charge in [-0.2, -0.15) is 0 Å². The van der Waals surface area contributed by atoms with Crippen molar-refractivity contribution in [2.24, 2.45) is 0 Å². The van der Waals surface area contributed by atoms with Crippen LogP contribution in [0.2, 0.25) is 5.02 Å². The highest BCUT2D eigenvalue weighted by molar-refractivity contribution is 7.92. The van der Waals surface area contributed by atoms with E-state index in [1.807, 2.05) is 0 Å². The van der Waals surface area contributed by atoms with Crippen LogP contribution < -0.4 is 10.0 Å². The standard InChI is InChI=1S/C8H11ClN2O2S/c1-11(14(2,12)13)8-4-6(9)3-7(10)5-8/h3-5H,10H2,1-2H3. The van der Waals surface area contributed by atoms with Gasteiger partial charge in [-0.25, -0.2) is 8.42 Å². The first-order valence-corrected chi connectivity index (χ1v) is 6.03. The summed E-state index contributed by atoms with van der Waals surface area (Å²) in [4.78, 5) is 0. The lowest BCUT2D eigenvalue weighted by Gasteiger charge is -2.17. The van der Waals surface area contributed by atoms with Crippen LogP contribution in [0.25, 0.3) is 0 Å². The molecule has 4 nitrogen and oxygen atoms in total. The Morgan fingerprint density at radius 2 is 1.93 bits per heavy atom. The topological polar surface area (TPSA) is 63.4 Å². The Bertz CT molecular complexity index is 424. The number of hydrogen-bond acceptors (Lipinski definition) is 3. The van der Waals surface area contributed by atoms with Gasteiger partial charge in [-0.05, 0) is 18.2 Å². The van der Waals surface area contributed by atoms with Gasteiger partial charge in [-0.3, -0.25) is 4.31 Å². The maximum atomic E-state index is 11.2. The molecule has 0 bridgehead atoms. The predicted octanol–water partition coefficient (Wildman–Crippen LogP) is 1.32. The monoisotopic (exact) mass is 234 g/mol. The summed E-state index contributed by atoms with van der Waals surface area (Å²) in [7, 11) is -1.83. The van der Waals surface area contributed by atoms with Crippen LogP contribution in [0.3, 0.4) is 0 Å². The minimum atomic E-state index is -3.27. The second-order valence-corrected chi connectivity index (χ2v) is 5.42. The zero-order chi connectivity index (χ0) is 10.9. The largest absolute Gasteiger partial charge is 0.399 e. The van der Waals surface area contributed by atoms with Crippen LogP contribution in [-0.2, 0) is 10.0 Å². The van der Waals surface area contributed by atoms with E-state index in [0.29, 0.717) is 16.4 Å². The van der Waals surface area contributed by atoms with Crippen molar-refractivity contribution >= 4 is 33.0 Å². The van der Waals surface area contributed by atoms with E-state index in [-0.39, 0.29) is 0 Å². The minimum Gasteiger partial charge on any atom is -0.399 e. The van der Waals surface area contributed by atoms with E-state index < -0.39 is 10.0 Å². The van der Waals surface area contributed by atoms with E-state index in [4.69, 9.17) is 17.3 Å². The van der Waals surface area contributed by atoms with Crippen molar-refractivity contribution in [3.63, 3.8) is 0 Å². The number of nitrogen functional groups attached to an aromatic ring is 1. The van der Waals surface area contributed by atoms with Crippen LogP contribution in [0.5, 0.6) is 0 Å². The number of benzene rings is 1. The molecule has 0 amide bonds. The SMILES string of the molecule is CN(c1cc(N)cc(Cl)c1)S(C)(=O)=O. The number of rotatable bonds is 2. The van der Waals surface area contributed by atoms with Crippen LogP contribution in [0.1, 0.15) is 0 Å². The second kappa shape index (κ2) is 3.67.